The number of aryl methyl sites for hydroxylation is 1. The van der Waals surface area contributed by atoms with Gasteiger partial charge in [-0.25, -0.2) is 17.8 Å². The first-order valence-corrected chi connectivity index (χ1v) is 8.96. The Bertz CT molecular complexity index is 1060. The summed E-state index contributed by atoms with van der Waals surface area (Å²) in [7, 11) is -3.74. The van der Waals surface area contributed by atoms with Crippen molar-refractivity contribution in [2.24, 2.45) is 7.05 Å². The summed E-state index contributed by atoms with van der Waals surface area (Å²) in [5, 5.41) is 11.0. The lowest BCUT2D eigenvalue weighted by Crippen LogP contribution is -2.43. The minimum Gasteiger partial charge on any atom is -0.343 e. The van der Waals surface area contributed by atoms with Crippen molar-refractivity contribution in [1.82, 2.24) is 14.3 Å². The fraction of sp³-hybridized carbons (Fsp3) is 0.267. The predicted molar refractivity (Wildman–Crippen MR) is 88.1 cm³/mol. The van der Waals surface area contributed by atoms with Gasteiger partial charge in [-0.1, -0.05) is 0 Å². The fourth-order valence-corrected chi connectivity index (χ4v) is 3.49. The van der Waals surface area contributed by atoms with Crippen LogP contribution in [0.4, 0.5) is 23.2 Å². The molecule has 1 atom stereocenters. The highest BCUT2D eigenvalue weighted by Gasteiger charge is 2.40. The van der Waals surface area contributed by atoms with Gasteiger partial charge in [0.15, 0.2) is 5.82 Å². The van der Waals surface area contributed by atoms with Gasteiger partial charge in [0.25, 0.3) is 5.91 Å². The van der Waals surface area contributed by atoms with Crippen molar-refractivity contribution >= 4 is 21.6 Å². The van der Waals surface area contributed by atoms with Crippen LogP contribution in [-0.2, 0) is 17.1 Å². The Hall–Kier alpha value is -2.98. The maximum atomic E-state index is 14.6. The molecule has 0 spiro atoms. The van der Waals surface area contributed by atoms with Gasteiger partial charge in [-0.15, -0.1) is 0 Å². The van der Waals surface area contributed by atoms with Crippen molar-refractivity contribution in [3.63, 3.8) is 0 Å². The Morgan fingerprint density at radius 1 is 1.39 bits per heavy atom. The number of hydrogen-bond donors (Lipinski definition) is 2. The van der Waals surface area contributed by atoms with Crippen molar-refractivity contribution in [1.29, 1.82) is 5.26 Å². The zero-order valence-electron chi connectivity index (χ0n) is 14.4. The number of amides is 1. The Balaban J connectivity index is 2.35. The molecule has 13 heteroatoms. The lowest BCUT2D eigenvalue weighted by atomic mass is 10.3. The smallest absolute Gasteiger partial charge is 0.343 e. The van der Waals surface area contributed by atoms with E-state index in [0.29, 0.717) is 13.1 Å². The summed E-state index contributed by atoms with van der Waals surface area (Å²) in [6.45, 7) is 0.558. The highest BCUT2D eigenvalue weighted by molar-refractivity contribution is 7.89. The highest BCUT2D eigenvalue weighted by atomic mass is 32.2. The van der Waals surface area contributed by atoms with E-state index < -0.39 is 44.6 Å². The largest absolute Gasteiger partial charge is 0.404 e. The van der Waals surface area contributed by atoms with E-state index >= 15 is 0 Å². The van der Waals surface area contributed by atoms with E-state index in [0.717, 1.165) is 11.6 Å². The van der Waals surface area contributed by atoms with Gasteiger partial charge in [-0.05, 0) is 19.1 Å². The zero-order chi connectivity index (χ0) is 21.3. The number of anilines is 1. The van der Waals surface area contributed by atoms with Gasteiger partial charge in [0.2, 0.25) is 10.0 Å². The second kappa shape index (κ2) is 7.56. The molecule has 0 aromatic carbocycles. The van der Waals surface area contributed by atoms with Crippen molar-refractivity contribution in [3.05, 3.63) is 41.7 Å². The minimum atomic E-state index is -4.89. The third-order valence-electron chi connectivity index (χ3n) is 3.55. The topological polar surface area (TPSA) is 117 Å². The second-order valence-corrected chi connectivity index (χ2v) is 7.33. The Morgan fingerprint density at radius 3 is 2.61 bits per heavy atom. The van der Waals surface area contributed by atoms with Gasteiger partial charge >= 0.3 is 6.18 Å². The molecule has 8 nitrogen and oxygen atoms in total. The highest BCUT2D eigenvalue weighted by Crippen LogP contribution is 2.25. The van der Waals surface area contributed by atoms with Gasteiger partial charge in [0, 0.05) is 25.1 Å². The van der Waals surface area contributed by atoms with Gasteiger partial charge in [-0.3, -0.25) is 4.79 Å². The number of alkyl halides is 3. The van der Waals surface area contributed by atoms with E-state index in [1.54, 1.807) is 6.07 Å². The average molecular weight is 419 g/mol. The van der Waals surface area contributed by atoms with Crippen LogP contribution in [0.15, 0.2) is 29.4 Å². The van der Waals surface area contributed by atoms with Crippen molar-refractivity contribution in [2.75, 3.05) is 5.32 Å². The van der Waals surface area contributed by atoms with Crippen LogP contribution in [0, 0.1) is 17.1 Å². The molecule has 2 heterocycles. The molecule has 2 rings (SSSR count). The van der Waals surface area contributed by atoms with Crippen molar-refractivity contribution < 1.29 is 30.8 Å². The quantitative estimate of drug-likeness (QED) is 0.718. The summed E-state index contributed by atoms with van der Waals surface area (Å²) in [5.41, 5.74) is -0.667. The number of sulfonamides is 1. The number of nitrogens with one attached hydrogen (secondary N) is 2. The molecule has 2 aromatic heterocycles. The number of carbonyl (C=O) groups excluding carboxylic acids is 1. The number of carbonyl (C=O) groups is 1. The minimum absolute atomic E-state index is 0.0289. The standard InChI is InChI=1S/C15H13F4N5O3S/c1-8(15(17,18)19)23-28(26,27)11-7-24(2)13(12(11)16)14(25)22-9-3-4-21-10(5-9)6-20/h3-5,7-8,23H,1-2H3,(H,21,22,25)/t8-/m1/s1. The number of halogens is 4. The Kier molecular flexibility index (Phi) is 5.76. The molecule has 0 unspecified atom stereocenters. The van der Waals surface area contributed by atoms with E-state index in [9.17, 15) is 30.8 Å². The van der Waals surface area contributed by atoms with Crippen molar-refractivity contribution in [2.45, 2.75) is 24.0 Å². The molecule has 0 saturated heterocycles. The number of rotatable bonds is 5. The lowest BCUT2D eigenvalue weighted by molar-refractivity contribution is -0.147. The summed E-state index contributed by atoms with van der Waals surface area (Å²) < 4.78 is 78.7. The van der Waals surface area contributed by atoms with E-state index in [4.69, 9.17) is 5.26 Å². The van der Waals surface area contributed by atoms with Gasteiger partial charge < -0.3 is 9.88 Å². The van der Waals surface area contributed by atoms with Crippen LogP contribution in [-0.4, -0.2) is 36.1 Å². The normalized spacial score (nSPS) is 13.0. The fourth-order valence-electron chi connectivity index (χ4n) is 2.14. The monoisotopic (exact) mass is 419 g/mol. The van der Waals surface area contributed by atoms with Crippen LogP contribution in [0.25, 0.3) is 0 Å². The van der Waals surface area contributed by atoms with E-state index in [1.165, 1.54) is 23.1 Å². The molecule has 150 valence electrons. The molecule has 0 aliphatic rings. The molecule has 0 saturated carbocycles. The van der Waals surface area contributed by atoms with Gasteiger partial charge in [-0.2, -0.15) is 23.2 Å². The molecule has 1 amide bonds. The summed E-state index contributed by atoms with van der Waals surface area (Å²) >= 11 is 0. The van der Waals surface area contributed by atoms with Crippen LogP contribution >= 0.6 is 0 Å². The molecule has 0 bridgehead atoms. The SMILES string of the molecule is C[C@@H](NS(=O)(=O)c1cn(C)c(C(=O)Nc2ccnc(C#N)c2)c1F)C(F)(F)F. The first-order valence-electron chi connectivity index (χ1n) is 7.48. The van der Waals surface area contributed by atoms with Gasteiger partial charge in [0.1, 0.15) is 28.4 Å². The molecule has 2 N–H and O–H groups in total. The van der Waals surface area contributed by atoms with E-state index in [2.05, 4.69) is 10.3 Å². The Labute approximate surface area is 156 Å². The number of pyridine rings is 1. The maximum absolute atomic E-state index is 14.6. The van der Waals surface area contributed by atoms with Crippen LogP contribution in [0.3, 0.4) is 0 Å². The molecule has 0 aliphatic carbocycles. The molecule has 2 aromatic rings. The molecule has 28 heavy (non-hydrogen) atoms. The summed E-state index contributed by atoms with van der Waals surface area (Å²) in [4.78, 5) is 14.9. The number of nitriles is 1. The third kappa shape index (κ3) is 4.46. The van der Waals surface area contributed by atoms with E-state index in [-0.39, 0.29) is 11.4 Å². The number of nitrogens with zero attached hydrogens (tertiary/aromatic N) is 3. The average Bonchev–Trinajstić information content (AvgIpc) is 2.89. The maximum Gasteiger partial charge on any atom is 0.404 e. The van der Waals surface area contributed by atoms with E-state index in [1.807, 2.05) is 0 Å². The number of hydrogen-bond acceptors (Lipinski definition) is 5. The number of aromatic nitrogens is 2. The van der Waals surface area contributed by atoms with Crippen LogP contribution < -0.4 is 10.0 Å². The molecule has 0 aliphatic heterocycles. The van der Waals surface area contributed by atoms with Crippen LogP contribution in [0.2, 0.25) is 0 Å². The lowest BCUT2D eigenvalue weighted by Gasteiger charge is -2.16. The molecule has 0 fully saturated rings. The predicted octanol–water partition coefficient (Wildman–Crippen LogP) is 1.91. The second-order valence-electron chi connectivity index (χ2n) is 5.65. The molecular formula is C15H13F4N5O3S. The van der Waals surface area contributed by atoms with Crippen LogP contribution in [0.5, 0.6) is 0 Å². The zero-order valence-corrected chi connectivity index (χ0v) is 15.2. The first-order chi connectivity index (χ1) is 12.9. The summed E-state index contributed by atoms with van der Waals surface area (Å²) in [5.74, 6) is -2.59. The first kappa shape index (κ1) is 21.3. The third-order valence-corrected chi connectivity index (χ3v) is 5.08. The summed E-state index contributed by atoms with van der Waals surface area (Å²) in [6, 6.07) is 1.78. The summed E-state index contributed by atoms with van der Waals surface area (Å²) in [6.07, 6.45) is -2.98. The Morgan fingerprint density at radius 2 is 2.04 bits per heavy atom. The molecule has 0 radical (unpaired) electrons. The molecular weight excluding hydrogens is 406 g/mol. The van der Waals surface area contributed by atoms with Gasteiger partial charge in [0.05, 0.1) is 0 Å². The van der Waals surface area contributed by atoms with Crippen molar-refractivity contribution in [3.8, 4) is 6.07 Å². The van der Waals surface area contributed by atoms with Crippen LogP contribution in [0.1, 0.15) is 23.1 Å².